The lowest BCUT2D eigenvalue weighted by Gasteiger charge is -2.16. The van der Waals surface area contributed by atoms with Crippen molar-refractivity contribution in [1.82, 2.24) is 4.90 Å². The first-order chi connectivity index (χ1) is 14.7. The van der Waals surface area contributed by atoms with Gasteiger partial charge in [0.25, 0.3) is 11.1 Å². The van der Waals surface area contributed by atoms with Gasteiger partial charge in [0.15, 0.2) is 11.5 Å². The number of rotatable bonds is 6. The largest absolute Gasteiger partial charge is 0.493 e. The highest BCUT2D eigenvalue weighted by Crippen LogP contribution is 2.37. The molecule has 1 saturated heterocycles. The lowest BCUT2D eigenvalue weighted by molar-refractivity contribution is -0.127. The van der Waals surface area contributed by atoms with Crippen LogP contribution in [0, 0.1) is 20.8 Å². The molecule has 8 heteroatoms. The Labute approximate surface area is 185 Å². The van der Waals surface area contributed by atoms with Gasteiger partial charge in [0.05, 0.1) is 19.1 Å². The molecule has 0 atom stereocenters. The summed E-state index contributed by atoms with van der Waals surface area (Å²) < 4.78 is 10.6. The van der Waals surface area contributed by atoms with Crippen LogP contribution in [0.3, 0.4) is 0 Å². The van der Waals surface area contributed by atoms with E-state index in [1.807, 2.05) is 32.9 Å². The summed E-state index contributed by atoms with van der Waals surface area (Å²) in [5.41, 5.74) is 4.23. The van der Waals surface area contributed by atoms with Crippen molar-refractivity contribution in [3.8, 4) is 11.5 Å². The number of nitrogens with zero attached hydrogens (tertiary/aromatic N) is 1. The number of carbonyl (C=O) groups is 3. The van der Waals surface area contributed by atoms with E-state index < -0.39 is 17.1 Å². The van der Waals surface area contributed by atoms with Crippen molar-refractivity contribution in [2.45, 2.75) is 20.8 Å². The summed E-state index contributed by atoms with van der Waals surface area (Å²) in [5.74, 6) is 0.0171. The molecule has 2 aromatic carbocycles. The van der Waals surface area contributed by atoms with Crippen LogP contribution in [0.5, 0.6) is 11.5 Å². The first-order valence-electron chi connectivity index (χ1n) is 9.59. The summed E-state index contributed by atoms with van der Waals surface area (Å²) >= 11 is 0.788. The number of nitrogens with one attached hydrogen (secondary N) is 1. The molecule has 1 N–H and O–H groups in total. The van der Waals surface area contributed by atoms with Crippen LogP contribution < -0.4 is 14.8 Å². The van der Waals surface area contributed by atoms with Crippen LogP contribution in [0.4, 0.5) is 10.5 Å². The third kappa shape index (κ3) is 4.74. The number of aryl methyl sites for hydroxylation is 3. The van der Waals surface area contributed by atoms with Gasteiger partial charge in [-0.1, -0.05) is 29.8 Å². The lowest BCUT2D eigenvalue weighted by Crippen LogP contribution is -2.36. The average Bonchev–Trinajstić information content (AvgIpc) is 2.97. The van der Waals surface area contributed by atoms with Gasteiger partial charge in [0.2, 0.25) is 5.91 Å². The second-order valence-corrected chi connectivity index (χ2v) is 8.17. The van der Waals surface area contributed by atoms with Gasteiger partial charge in [-0.3, -0.25) is 19.3 Å². The topological polar surface area (TPSA) is 84.9 Å². The Morgan fingerprint density at radius 3 is 2.39 bits per heavy atom. The number of para-hydroxylation sites is 1. The first-order valence-corrected chi connectivity index (χ1v) is 10.4. The quantitative estimate of drug-likeness (QED) is 0.674. The molecule has 3 rings (SSSR count). The molecule has 1 aliphatic rings. The van der Waals surface area contributed by atoms with Crippen LogP contribution in [-0.2, 0) is 9.59 Å². The van der Waals surface area contributed by atoms with Crippen molar-refractivity contribution in [3.05, 3.63) is 57.5 Å². The van der Waals surface area contributed by atoms with E-state index in [1.54, 1.807) is 24.3 Å². The molecule has 31 heavy (non-hydrogen) atoms. The van der Waals surface area contributed by atoms with Crippen LogP contribution in [0.1, 0.15) is 22.3 Å². The predicted molar refractivity (Wildman–Crippen MR) is 122 cm³/mol. The Morgan fingerprint density at radius 2 is 1.77 bits per heavy atom. The maximum absolute atomic E-state index is 12.8. The van der Waals surface area contributed by atoms with E-state index in [9.17, 15) is 14.4 Å². The molecule has 1 heterocycles. The number of imide groups is 1. The maximum atomic E-state index is 12.8. The van der Waals surface area contributed by atoms with Gasteiger partial charge in [-0.25, -0.2) is 0 Å². The van der Waals surface area contributed by atoms with Gasteiger partial charge in [0, 0.05) is 11.3 Å². The standard InChI is InChI=1S/C23H24N2O5S/c1-13-9-14(2)20(15(3)10-13)24-19(26)12-25-22(27)18(31-23(25)28)11-16-7-6-8-17(29-4)21(16)30-5/h6-11H,12H2,1-5H3,(H,24,26)/b18-11+. The number of thioether (sulfide) groups is 1. The average molecular weight is 441 g/mol. The fraction of sp³-hybridized carbons (Fsp3) is 0.261. The Hall–Kier alpha value is -3.26. The highest BCUT2D eigenvalue weighted by Gasteiger charge is 2.36. The minimum absolute atomic E-state index is 0.215. The number of ether oxygens (including phenoxy) is 2. The molecule has 1 fully saturated rings. The Bertz CT molecular complexity index is 1070. The van der Waals surface area contributed by atoms with Crippen LogP contribution in [-0.4, -0.2) is 42.7 Å². The Balaban J connectivity index is 1.78. The van der Waals surface area contributed by atoms with Crippen molar-refractivity contribution in [3.63, 3.8) is 0 Å². The molecule has 0 radical (unpaired) electrons. The van der Waals surface area contributed by atoms with Gasteiger partial charge >= 0.3 is 0 Å². The van der Waals surface area contributed by atoms with Gasteiger partial charge < -0.3 is 14.8 Å². The number of hydrogen-bond acceptors (Lipinski definition) is 6. The number of benzene rings is 2. The van der Waals surface area contributed by atoms with Crippen molar-refractivity contribution in [2.75, 3.05) is 26.1 Å². The highest BCUT2D eigenvalue weighted by atomic mass is 32.2. The fourth-order valence-corrected chi connectivity index (χ4v) is 4.33. The molecule has 0 unspecified atom stereocenters. The van der Waals surface area contributed by atoms with Crippen LogP contribution in [0.15, 0.2) is 35.2 Å². The van der Waals surface area contributed by atoms with E-state index in [-0.39, 0.29) is 11.4 Å². The summed E-state index contributed by atoms with van der Waals surface area (Å²) in [5, 5.41) is 2.33. The molecule has 1 aliphatic heterocycles. The Kier molecular flexibility index (Phi) is 6.70. The number of anilines is 1. The molecule has 0 bridgehead atoms. The van der Waals surface area contributed by atoms with Crippen molar-refractivity contribution >= 4 is 40.6 Å². The monoisotopic (exact) mass is 440 g/mol. The number of amides is 3. The smallest absolute Gasteiger partial charge is 0.294 e. The van der Waals surface area contributed by atoms with E-state index in [0.717, 1.165) is 33.4 Å². The van der Waals surface area contributed by atoms with Gasteiger partial charge in [-0.2, -0.15) is 0 Å². The highest BCUT2D eigenvalue weighted by molar-refractivity contribution is 8.18. The predicted octanol–water partition coefficient (Wildman–Crippen LogP) is 4.30. The minimum atomic E-state index is -0.521. The number of hydrogen-bond donors (Lipinski definition) is 1. The first kappa shape index (κ1) is 22.4. The Morgan fingerprint density at radius 1 is 1.10 bits per heavy atom. The number of methoxy groups -OCH3 is 2. The molecule has 2 aromatic rings. The van der Waals surface area contributed by atoms with E-state index in [0.29, 0.717) is 22.7 Å². The maximum Gasteiger partial charge on any atom is 0.294 e. The lowest BCUT2D eigenvalue weighted by atomic mass is 10.1. The molecular formula is C23H24N2O5S. The zero-order valence-corrected chi connectivity index (χ0v) is 18.9. The summed E-state index contributed by atoms with van der Waals surface area (Å²) in [6, 6.07) is 9.18. The van der Waals surface area contributed by atoms with Crippen LogP contribution in [0.2, 0.25) is 0 Å². The molecule has 0 aliphatic carbocycles. The molecule has 0 spiro atoms. The zero-order chi connectivity index (χ0) is 22.7. The molecule has 0 saturated carbocycles. The summed E-state index contributed by atoms with van der Waals surface area (Å²) in [7, 11) is 3.02. The van der Waals surface area contributed by atoms with Crippen molar-refractivity contribution in [1.29, 1.82) is 0 Å². The van der Waals surface area contributed by atoms with Gasteiger partial charge in [-0.15, -0.1) is 0 Å². The summed E-state index contributed by atoms with van der Waals surface area (Å²) in [4.78, 5) is 39.0. The molecule has 3 amide bonds. The van der Waals surface area contributed by atoms with Crippen LogP contribution in [0.25, 0.3) is 6.08 Å². The SMILES string of the molecule is COc1cccc(/C=C2/SC(=O)N(CC(=O)Nc3c(C)cc(C)cc3C)C2=O)c1OC. The number of carbonyl (C=O) groups excluding carboxylic acids is 3. The van der Waals surface area contributed by atoms with Crippen LogP contribution >= 0.6 is 11.8 Å². The van der Waals surface area contributed by atoms with Gasteiger partial charge in [0.1, 0.15) is 6.54 Å². The molecular weight excluding hydrogens is 416 g/mol. The normalized spacial score (nSPS) is 14.9. The third-order valence-corrected chi connectivity index (χ3v) is 5.74. The van der Waals surface area contributed by atoms with E-state index in [2.05, 4.69) is 5.32 Å². The zero-order valence-electron chi connectivity index (χ0n) is 18.1. The molecule has 7 nitrogen and oxygen atoms in total. The van der Waals surface area contributed by atoms with E-state index in [4.69, 9.17) is 9.47 Å². The fourth-order valence-electron chi connectivity index (χ4n) is 3.50. The minimum Gasteiger partial charge on any atom is -0.493 e. The van der Waals surface area contributed by atoms with Gasteiger partial charge in [-0.05, 0) is 55.8 Å². The second kappa shape index (κ2) is 9.26. The third-order valence-electron chi connectivity index (χ3n) is 4.84. The second-order valence-electron chi connectivity index (χ2n) is 7.17. The van der Waals surface area contributed by atoms with E-state index >= 15 is 0 Å². The molecule has 0 aromatic heterocycles. The summed E-state index contributed by atoms with van der Waals surface area (Å²) in [6.07, 6.45) is 1.57. The molecule has 162 valence electrons. The van der Waals surface area contributed by atoms with Crippen molar-refractivity contribution in [2.24, 2.45) is 0 Å². The van der Waals surface area contributed by atoms with Crippen molar-refractivity contribution < 1.29 is 23.9 Å². The summed E-state index contributed by atoms with van der Waals surface area (Å²) in [6.45, 7) is 5.43. The van der Waals surface area contributed by atoms with E-state index in [1.165, 1.54) is 14.2 Å².